The van der Waals surface area contributed by atoms with Crippen LogP contribution in [0.25, 0.3) is 11.3 Å². The van der Waals surface area contributed by atoms with Crippen LogP contribution in [0.2, 0.25) is 0 Å². The number of hydrogen-bond donors (Lipinski definition) is 0. The van der Waals surface area contributed by atoms with E-state index in [2.05, 4.69) is 56.4 Å². The molecule has 158 valence electrons. The van der Waals surface area contributed by atoms with Gasteiger partial charge in [0.15, 0.2) is 0 Å². The second-order valence-corrected chi connectivity index (χ2v) is 9.20. The van der Waals surface area contributed by atoms with Gasteiger partial charge in [-0.15, -0.1) is 0 Å². The van der Waals surface area contributed by atoms with Crippen LogP contribution < -0.4 is 0 Å². The molecular formula is C28H41N. The second-order valence-electron chi connectivity index (χ2n) is 9.20. The van der Waals surface area contributed by atoms with Gasteiger partial charge < -0.3 is 0 Å². The standard InChI is InChI=1S/C28H41N/c1-3-5-7-9-11-24-14-21-28(29-22-24)27-19-17-26(18-20-27)25-15-12-23(13-16-25)10-8-6-4-2/h14,17-23,25H,3-13,15-16H2,1-2H3. The Bertz CT molecular complexity index is 677. The van der Waals surface area contributed by atoms with Crippen LogP contribution in [0.15, 0.2) is 42.6 Å². The molecule has 0 aliphatic heterocycles. The van der Waals surface area contributed by atoms with Gasteiger partial charge in [-0.1, -0.05) is 89.1 Å². The van der Waals surface area contributed by atoms with Crippen LogP contribution in [0.4, 0.5) is 0 Å². The lowest BCUT2D eigenvalue weighted by molar-refractivity contribution is 0.303. The van der Waals surface area contributed by atoms with Gasteiger partial charge in [-0.05, 0) is 67.6 Å². The Morgan fingerprint density at radius 2 is 1.48 bits per heavy atom. The van der Waals surface area contributed by atoms with Crippen molar-refractivity contribution >= 4 is 0 Å². The van der Waals surface area contributed by atoms with Crippen molar-refractivity contribution in [2.75, 3.05) is 0 Å². The molecule has 1 nitrogen and oxygen atoms in total. The molecule has 1 saturated carbocycles. The van der Waals surface area contributed by atoms with Crippen molar-refractivity contribution in [2.45, 2.75) is 103 Å². The molecule has 2 aromatic rings. The van der Waals surface area contributed by atoms with Crippen molar-refractivity contribution in [3.8, 4) is 11.3 Å². The van der Waals surface area contributed by atoms with Gasteiger partial charge in [0.1, 0.15) is 0 Å². The summed E-state index contributed by atoms with van der Waals surface area (Å²) in [5.74, 6) is 1.76. The number of unbranched alkanes of at least 4 members (excludes halogenated alkanes) is 5. The Kier molecular flexibility index (Phi) is 9.25. The van der Waals surface area contributed by atoms with Crippen molar-refractivity contribution in [1.82, 2.24) is 4.98 Å². The fourth-order valence-corrected chi connectivity index (χ4v) is 4.89. The van der Waals surface area contributed by atoms with Crippen molar-refractivity contribution < 1.29 is 0 Å². The van der Waals surface area contributed by atoms with E-state index in [-0.39, 0.29) is 0 Å². The van der Waals surface area contributed by atoms with Crippen LogP contribution >= 0.6 is 0 Å². The SMILES string of the molecule is CCCCCCc1ccc(-c2ccc(C3CCC(CCCCC)CC3)cc2)nc1. The average Bonchev–Trinajstić information content (AvgIpc) is 2.78. The highest BCUT2D eigenvalue weighted by Crippen LogP contribution is 2.38. The van der Waals surface area contributed by atoms with Gasteiger partial charge in [-0.25, -0.2) is 0 Å². The van der Waals surface area contributed by atoms with E-state index in [1.54, 1.807) is 0 Å². The molecule has 0 N–H and O–H groups in total. The zero-order chi connectivity index (χ0) is 20.3. The van der Waals surface area contributed by atoms with Gasteiger partial charge >= 0.3 is 0 Å². The average molecular weight is 392 g/mol. The predicted octanol–water partition coefficient (Wildman–Crippen LogP) is 8.73. The van der Waals surface area contributed by atoms with Crippen LogP contribution in [0.3, 0.4) is 0 Å². The maximum absolute atomic E-state index is 4.74. The zero-order valence-corrected chi connectivity index (χ0v) is 18.8. The Morgan fingerprint density at radius 3 is 2.14 bits per heavy atom. The minimum atomic E-state index is 0.768. The molecule has 0 amide bonds. The number of aryl methyl sites for hydroxylation is 1. The summed E-state index contributed by atoms with van der Waals surface area (Å²) in [5, 5.41) is 0. The summed E-state index contributed by atoms with van der Waals surface area (Å²) in [6, 6.07) is 13.8. The highest BCUT2D eigenvalue weighted by molar-refractivity contribution is 5.59. The van der Waals surface area contributed by atoms with Gasteiger partial charge in [0.05, 0.1) is 5.69 Å². The summed E-state index contributed by atoms with van der Waals surface area (Å²) in [6.45, 7) is 4.57. The van der Waals surface area contributed by atoms with E-state index in [1.807, 2.05) is 0 Å². The normalized spacial score (nSPS) is 19.4. The Hall–Kier alpha value is -1.63. The maximum Gasteiger partial charge on any atom is 0.0702 e. The lowest BCUT2D eigenvalue weighted by Gasteiger charge is -2.29. The summed E-state index contributed by atoms with van der Waals surface area (Å²) >= 11 is 0. The number of nitrogens with zero attached hydrogens (tertiary/aromatic N) is 1. The van der Waals surface area contributed by atoms with Crippen molar-refractivity contribution in [3.05, 3.63) is 53.7 Å². The quantitative estimate of drug-likeness (QED) is 0.349. The first kappa shape index (κ1) is 22.1. The van der Waals surface area contributed by atoms with Crippen molar-refractivity contribution in [2.24, 2.45) is 5.92 Å². The smallest absolute Gasteiger partial charge is 0.0702 e. The van der Waals surface area contributed by atoms with E-state index in [0.29, 0.717) is 0 Å². The summed E-state index contributed by atoms with van der Waals surface area (Å²) in [5.41, 5.74) is 5.26. The van der Waals surface area contributed by atoms with E-state index in [1.165, 1.54) is 93.7 Å². The third-order valence-corrected chi connectivity index (χ3v) is 6.88. The molecular weight excluding hydrogens is 350 g/mol. The first-order chi connectivity index (χ1) is 14.3. The van der Waals surface area contributed by atoms with Crippen LogP contribution in [0.1, 0.15) is 108 Å². The molecule has 3 rings (SSSR count). The Morgan fingerprint density at radius 1 is 0.759 bits per heavy atom. The summed E-state index contributed by atoms with van der Waals surface area (Å²) in [6.07, 6.45) is 19.8. The monoisotopic (exact) mass is 391 g/mol. The fourth-order valence-electron chi connectivity index (χ4n) is 4.89. The number of rotatable bonds is 11. The van der Waals surface area contributed by atoms with E-state index in [4.69, 9.17) is 4.98 Å². The minimum absolute atomic E-state index is 0.768. The van der Waals surface area contributed by atoms with E-state index >= 15 is 0 Å². The molecule has 29 heavy (non-hydrogen) atoms. The van der Waals surface area contributed by atoms with Crippen molar-refractivity contribution in [3.63, 3.8) is 0 Å². The van der Waals surface area contributed by atoms with Gasteiger partial charge in [0, 0.05) is 11.8 Å². The van der Waals surface area contributed by atoms with Gasteiger partial charge in [-0.2, -0.15) is 0 Å². The molecule has 0 bridgehead atoms. The van der Waals surface area contributed by atoms with Crippen molar-refractivity contribution in [1.29, 1.82) is 0 Å². The molecule has 1 aromatic carbocycles. The van der Waals surface area contributed by atoms with Crippen LogP contribution in [0, 0.1) is 5.92 Å². The molecule has 1 aromatic heterocycles. The second kappa shape index (κ2) is 12.2. The molecule has 1 aliphatic carbocycles. The van der Waals surface area contributed by atoms with Crippen LogP contribution in [0.5, 0.6) is 0 Å². The number of pyridine rings is 1. The number of hydrogen-bond acceptors (Lipinski definition) is 1. The van der Waals surface area contributed by atoms with E-state index in [0.717, 1.165) is 24.0 Å². The third kappa shape index (κ3) is 6.98. The molecule has 0 atom stereocenters. The first-order valence-electron chi connectivity index (χ1n) is 12.4. The Balaban J connectivity index is 1.49. The Labute approximate surface area is 179 Å². The molecule has 0 unspecified atom stereocenters. The molecule has 1 fully saturated rings. The lowest BCUT2D eigenvalue weighted by Crippen LogP contribution is -2.13. The molecule has 0 spiro atoms. The third-order valence-electron chi connectivity index (χ3n) is 6.88. The molecule has 1 heterocycles. The molecule has 1 heteroatoms. The van der Waals surface area contributed by atoms with Gasteiger partial charge in [0.25, 0.3) is 0 Å². The highest BCUT2D eigenvalue weighted by Gasteiger charge is 2.22. The van der Waals surface area contributed by atoms with Gasteiger partial charge in [-0.3, -0.25) is 4.98 Å². The number of aromatic nitrogens is 1. The predicted molar refractivity (Wildman–Crippen MR) is 126 cm³/mol. The maximum atomic E-state index is 4.74. The summed E-state index contributed by atoms with van der Waals surface area (Å²) in [4.78, 5) is 4.74. The van der Waals surface area contributed by atoms with E-state index in [9.17, 15) is 0 Å². The number of benzene rings is 1. The zero-order valence-electron chi connectivity index (χ0n) is 18.8. The minimum Gasteiger partial charge on any atom is -0.256 e. The van der Waals surface area contributed by atoms with E-state index < -0.39 is 0 Å². The lowest BCUT2D eigenvalue weighted by atomic mass is 9.77. The highest BCUT2D eigenvalue weighted by atomic mass is 14.7. The topological polar surface area (TPSA) is 12.9 Å². The van der Waals surface area contributed by atoms with Crippen LogP contribution in [-0.4, -0.2) is 4.98 Å². The summed E-state index contributed by atoms with van der Waals surface area (Å²) < 4.78 is 0. The van der Waals surface area contributed by atoms with Crippen LogP contribution in [-0.2, 0) is 6.42 Å². The summed E-state index contributed by atoms with van der Waals surface area (Å²) in [7, 11) is 0. The van der Waals surface area contributed by atoms with Gasteiger partial charge in [0.2, 0.25) is 0 Å². The largest absolute Gasteiger partial charge is 0.256 e. The fraction of sp³-hybridized carbons (Fsp3) is 0.607. The first-order valence-corrected chi connectivity index (χ1v) is 12.4. The molecule has 0 saturated heterocycles. The molecule has 1 aliphatic rings. The molecule has 0 radical (unpaired) electrons.